The van der Waals surface area contributed by atoms with Crippen LogP contribution in [0.15, 0.2) is 24.3 Å². The number of carboxylic acids is 2. The number of H-pyrrole nitrogens is 1. The summed E-state index contributed by atoms with van der Waals surface area (Å²) in [6, 6.07) is 8.32. The van der Waals surface area contributed by atoms with Crippen LogP contribution in [-0.2, 0) is 27.2 Å². The highest BCUT2D eigenvalue weighted by atomic mass is 19.4. The minimum absolute atomic E-state index is 0.199. The van der Waals surface area contributed by atoms with E-state index >= 15 is 0 Å². The molecule has 0 saturated carbocycles. The van der Waals surface area contributed by atoms with Gasteiger partial charge in [0.15, 0.2) is 0 Å². The van der Waals surface area contributed by atoms with Crippen LogP contribution in [0.3, 0.4) is 0 Å². The Labute approximate surface area is 225 Å². The first-order chi connectivity index (χ1) is 18.4. The maximum Gasteiger partial charge on any atom is 0.490 e. The van der Waals surface area contributed by atoms with E-state index in [0.717, 1.165) is 48.6 Å². The fourth-order valence-corrected chi connectivity index (χ4v) is 3.22. The van der Waals surface area contributed by atoms with Crippen LogP contribution >= 0.6 is 0 Å². The second kappa shape index (κ2) is 14.5. The third-order valence-corrected chi connectivity index (χ3v) is 5.68. The van der Waals surface area contributed by atoms with Crippen molar-refractivity contribution >= 4 is 17.8 Å². The minimum atomic E-state index is -5.08. The summed E-state index contributed by atoms with van der Waals surface area (Å²) >= 11 is 0. The molecule has 2 heterocycles. The van der Waals surface area contributed by atoms with Gasteiger partial charge in [-0.05, 0) is 51.6 Å². The number of carboxylic acid groups (broad SMARTS) is 2. The van der Waals surface area contributed by atoms with Crippen molar-refractivity contribution in [2.24, 2.45) is 0 Å². The summed E-state index contributed by atoms with van der Waals surface area (Å²) in [6.45, 7) is 6.15. The average molecular weight is 585 g/mol. The maximum absolute atomic E-state index is 12.6. The van der Waals surface area contributed by atoms with E-state index in [2.05, 4.69) is 28.9 Å². The molecule has 0 radical (unpaired) electrons. The maximum atomic E-state index is 12.6. The molecule has 10 nitrogen and oxygen atoms in total. The largest absolute Gasteiger partial charge is 0.497 e. The van der Waals surface area contributed by atoms with Gasteiger partial charge in [0.2, 0.25) is 5.91 Å². The molecule has 1 aromatic carbocycles. The number of ether oxygens (including phenoxy) is 1. The van der Waals surface area contributed by atoms with Crippen molar-refractivity contribution in [3.8, 4) is 17.0 Å². The molecule has 1 aliphatic rings. The third kappa shape index (κ3) is 10.7. The summed E-state index contributed by atoms with van der Waals surface area (Å²) < 4.78 is 68.7. The zero-order valence-electron chi connectivity index (χ0n) is 22.1. The van der Waals surface area contributed by atoms with Crippen LogP contribution in [0.2, 0.25) is 0 Å². The van der Waals surface area contributed by atoms with E-state index in [4.69, 9.17) is 24.5 Å². The first-order valence-electron chi connectivity index (χ1n) is 11.7. The number of methoxy groups -OCH3 is 1. The van der Waals surface area contributed by atoms with Crippen molar-refractivity contribution < 1.29 is 55.7 Å². The Morgan fingerprint density at radius 3 is 1.90 bits per heavy atom. The average Bonchev–Trinajstić information content (AvgIpc) is 3.14. The van der Waals surface area contributed by atoms with Gasteiger partial charge in [-0.3, -0.25) is 14.8 Å². The highest BCUT2D eigenvalue weighted by Crippen LogP contribution is 2.28. The fraction of sp³-hybridized carbons (Fsp3) is 0.500. The SMILES string of the molecule is COc1ccc(-c2n[nH]c3c2CCN(C(=O)CN(C)C(C)C)CC3)cc1.O=C(O)C(F)(F)F.O=C(O)C(F)(F)F. The van der Waals surface area contributed by atoms with Gasteiger partial charge >= 0.3 is 24.3 Å². The van der Waals surface area contributed by atoms with Gasteiger partial charge in [0.25, 0.3) is 0 Å². The van der Waals surface area contributed by atoms with E-state index in [1.807, 2.05) is 36.2 Å². The number of halogens is 6. The standard InChI is InChI=1S/C20H28N4O2.2C2HF3O2/c1-14(2)23(3)13-19(25)24-11-9-17-18(10-12-24)21-22-20(17)15-5-7-16(26-4)8-6-15;2*3-2(4,5)1(6)7/h5-8,14H,9-13H2,1-4H3,(H,21,22);2*(H,6,7). The van der Waals surface area contributed by atoms with Crippen LogP contribution in [0.1, 0.15) is 25.1 Å². The van der Waals surface area contributed by atoms with Crippen LogP contribution in [0.5, 0.6) is 5.75 Å². The molecule has 224 valence electrons. The smallest absolute Gasteiger partial charge is 0.490 e. The first-order valence-corrected chi connectivity index (χ1v) is 11.7. The number of likely N-dealkylation sites (N-methyl/N-ethyl adjacent to an activating group) is 1. The van der Waals surface area contributed by atoms with E-state index in [9.17, 15) is 31.1 Å². The van der Waals surface area contributed by atoms with Crippen LogP contribution in [0.25, 0.3) is 11.3 Å². The van der Waals surface area contributed by atoms with Gasteiger partial charge in [0.1, 0.15) is 5.75 Å². The van der Waals surface area contributed by atoms with Gasteiger partial charge < -0.3 is 19.8 Å². The number of carbonyl (C=O) groups excluding carboxylic acids is 1. The summed E-state index contributed by atoms with van der Waals surface area (Å²) in [5.74, 6) is -4.48. The number of aromatic nitrogens is 2. The molecule has 0 fully saturated rings. The van der Waals surface area contributed by atoms with E-state index < -0.39 is 24.3 Å². The molecule has 1 aliphatic heterocycles. The van der Waals surface area contributed by atoms with Crippen LogP contribution in [0.4, 0.5) is 26.3 Å². The Bertz CT molecular complexity index is 1110. The molecule has 40 heavy (non-hydrogen) atoms. The van der Waals surface area contributed by atoms with Gasteiger partial charge in [0.05, 0.1) is 19.3 Å². The molecule has 2 aromatic rings. The number of fused-ring (bicyclic) bond motifs is 1. The molecule has 1 amide bonds. The van der Waals surface area contributed by atoms with Gasteiger partial charge in [-0.1, -0.05) is 0 Å². The van der Waals surface area contributed by atoms with Gasteiger partial charge in [-0.15, -0.1) is 0 Å². The predicted molar refractivity (Wildman–Crippen MR) is 130 cm³/mol. The second-order valence-electron chi connectivity index (χ2n) is 8.75. The molecule has 0 aliphatic carbocycles. The molecule has 3 rings (SSSR count). The van der Waals surface area contributed by atoms with Crippen LogP contribution in [0, 0.1) is 0 Å². The topological polar surface area (TPSA) is 136 Å². The molecule has 0 unspecified atom stereocenters. The summed E-state index contributed by atoms with van der Waals surface area (Å²) in [6.07, 6.45) is -8.53. The van der Waals surface area contributed by atoms with Gasteiger partial charge in [-0.25, -0.2) is 9.59 Å². The Balaban J connectivity index is 0.000000473. The molecule has 0 saturated heterocycles. The molecule has 16 heteroatoms. The molecule has 3 N–H and O–H groups in total. The van der Waals surface area contributed by atoms with Crippen molar-refractivity contribution in [1.29, 1.82) is 0 Å². The number of rotatable bonds is 5. The zero-order chi connectivity index (χ0) is 30.8. The number of alkyl halides is 6. The van der Waals surface area contributed by atoms with Crippen LogP contribution in [-0.4, -0.2) is 100 Å². The molecule has 0 spiro atoms. The van der Waals surface area contributed by atoms with E-state index in [-0.39, 0.29) is 5.91 Å². The second-order valence-corrected chi connectivity index (χ2v) is 8.75. The monoisotopic (exact) mass is 584 g/mol. The van der Waals surface area contributed by atoms with Crippen molar-refractivity contribution in [1.82, 2.24) is 20.0 Å². The fourth-order valence-electron chi connectivity index (χ4n) is 3.22. The van der Waals surface area contributed by atoms with Gasteiger partial charge in [-0.2, -0.15) is 31.4 Å². The lowest BCUT2D eigenvalue weighted by atomic mass is 10.0. The Kier molecular flexibility index (Phi) is 12.4. The van der Waals surface area contributed by atoms with E-state index in [1.165, 1.54) is 5.56 Å². The number of nitrogens with zero attached hydrogens (tertiary/aromatic N) is 3. The lowest BCUT2D eigenvalue weighted by molar-refractivity contribution is -0.193. The predicted octanol–water partition coefficient (Wildman–Crippen LogP) is 3.62. The van der Waals surface area contributed by atoms with Crippen molar-refractivity contribution in [2.45, 2.75) is 45.1 Å². The third-order valence-electron chi connectivity index (χ3n) is 5.68. The first kappa shape index (κ1) is 34.2. The number of benzene rings is 1. The quantitative estimate of drug-likeness (QED) is 0.454. The molecular formula is C24H30F6N4O6. The summed E-state index contributed by atoms with van der Waals surface area (Å²) in [5, 5.41) is 22.0. The van der Waals surface area contributed by atoms with Crippen molar-refractivity contribution in [2.75, 3.05) is 33.8 Å². The number of amides is 1. The number of nitrogens with one attached hydrogen (secondary N) is 1. The molecular weight excluding hydrogens is 554 g/mol. The highest BCUT2D eigenvalue weighted by molar-refractivity contribution is 5.78. The van der Waals surface area contributed by atoms with E-state index in [1.54, 1.807) is 7.11 Å². The van der Waals surface area contributed by atoms with Gasteiger partial charge in [0, 0.05) is 42.4 Å². The number of hydrogen-bond acceptors (Lipinski definition) is 6. The number of aromatic amines is 1. The Morgan fingerprint density at radius 1 is 1.00 bits per heavy atom. The zero-order valence-corrected chi connectivity index (χ0v) is 22.1. The summed E-state index contributed by atoms with van der Waals surface area (Å²) in [4.78, 5) is 34.5. The Morgan fingerprint density at radius 2 is 1.48 bits per heavy atom. The normalized spacial score (nSPS) is 13.3. The molecule has 0 atom stereocenters. The molecule has 0 bridgehead atoms. The molecule has 1 aromatic heterocycles. The minimum Gasteiger partial charge on any atom is -0.497 e. The van der Waals surface area contributed by atoms with E-state index in [0.29, 0.717) is 12.6 Å². The number of aliphatic carboxylic acids is 2. The highest BCUT2D eigenvalue weighted by Gasteiger charge is 2.38. The van der Waals surface area contributed by atoms with Crippen molar-refractivity contribution in [3.05, 3.63) is 35.5 Å². The number of carbonyl (C=O) groups is 3. The Hall–Kier alpha value is -3.82. The van der Waals surface area contributed by atoms with Crippen molar-refractivity contribution in [3.63, 3.8) is 0 Å². The lowest BCUT2D eigenvalue weighted by Gasteiger charge is -2.26. The summed E-state index contributed by atoms with van der Waals surface area (Å²) in [7, 11) is 3.66. The lowest BCUT2D eigenvalue weighted by Crippen LogP contribution is -2.42. The van der Waals surface area contributed by atoms with Crippen LogP contribution < -0.4 is 4.74 Å². The summed E-state index contributed by atoms with van der Waals surface area (Å²) in [5.41, 5.74) is 4.42. The number of hydrogen-bond donors (Lipinski definition) is 3.